The van der Waals surface area contributed by atoms with E-state index in [1.54, 1.807) is 12.1 Å². The van der Waals surface area contributed by atoms with Gasteiger partial charge in [-0.2, -0.15) is 0 Å². The van der Waals surface area contributed by atoms with Crippen LogP contribution in [-0.4, -0.2) is 37.6 Å². The van der Waals surface area contributed by atoms with Crippen molar-refractivity contribution in [3.8, 4) is 0 Å². The van der Waals surface area contributed by atoms with Crippen LogP contribution in [0.3, 0.4) is 0 Å². The lowest BCUT2D eigenvalue weighted by atomic mass is 10.2. The summed E-state index contributed by atoms with van der Waals surface area (Å²) in [4.78, 5) is 23.8. The summed E-state index contributed by atoms with van der Waals surface area (Å²) < 4.78 is 0. The molecule has 1 aromatic carbocycles. The molecule has 1 amide bonds. The van der Waals surface area contributed by atoms with Crippen LogP contribution in [0, 0.1) is 0 Å². The SMILES string of the molecule is CN(C)c1ccc(C(=O)NCCC(=O)O)cc1. The van der Waals surface area contributed by atoms with E-state index >= 15 is 0 Å². The third kappa shape index (κ3) is 4.14. The molecule has 0 bridgehead atoms. The molecule has 92 valence electrons. The number of carboxylic acid groups (broad SMARTS) is 1. The zero-order chi connectivity index (χ0) is 12.8. The summed E-state index contributed by atoms with van der Waals surface area (Å²) in [7, 11) is 3.84. The quantitative estimate of drug-likeness (QED) is 0.798. The second kappa shape index (κ2) is 5.89. The molecule has 0 fully saturated rings. The van der Waals surface area contributed by atoms with Gasteiger partial charge >= 0.3 is 5.97 Å². The van der Waals surface area contributed by atoms with Crippen LogP contribution in [-0.2, 0) is 4.79 Å². The highest BCUT2D eigenvalue weighted by atomic mass is 16.4. The van der Waals surface area contributed by atoms with Crippen LogP contribution in [0.2, 0.25) is 0 Å². The summed E-state index contributed by atoms with van der Waals surface area (Å²) in [5, 5.41) is 11.0. The standard InChI is InChI=1S/C12H16N2O3/c1-14(2)10-5-3-9(4-6-10)12(17)13-8-7-11(15)16/h3-6H,7-8H2,1-2H3,(H,13,17)(H,15,16). The maximum absolute atomic E-state index is 11.6. The van der Waals surface area contributed by atoms with Gasteiger partial charge in [-0.25, -0.2) is 0 Å². The minimum atomic E-state index is -0.923. The van der Waals surface area contributed by atoms with Gasteiger partial charge < -0.3 is 15.3 Å². The first-order valence-corrected chi connectivity index (χ1v) is 5.28. The molecule has 1 aromatic rings. The normalized spacial score (nSPS) is 9.76. The molecule has 0 atom stereocenters. The van der Waals surface area contributed by atoms with Crippen LogP contribution < -0.4 is 10.2 Å². The molecule has 0 radical (unpaired) electrons. The maximum Gasteiger partial charge on any atom is 0.305 e. The minimum Gasteiger partial charge on any atom is -0.481 e. The molecule has 0 aromatic heterocycles. The van der Waals surface area contributed by atoms with E-state index in [-0.39, 0.29) is 18.9 Å². The topological polar surface area (TPSA) is 69.6 Å². The zero-order valence-corrected chi connectivity index (χ0v) is 9.93. The number of rotatable bonds is 5. The number of carbonyl (C=O) groups excluding carboxylic acids is 1. The summed E-state index contributed by atoms with van der Waals surface area (Å²) in [6, 6.07) is 7.11. The minimum absolute atomic E-state index is 0.0679. The van der Waals surface area contributed by atoms with Gasteiger partial charge in [0.1, 0.15) is 0 Å². The Hall–Kier alpha value is -2.04. The highest BCUT2D eigenvalue weighted by molar-refractivity contribution is 5.94. The van der Waals surface area contributed by atoms with Crippen LogP contribution >= 0.6 is 0 Å². The molecule has 0 aliphatic heterocycles. The zero-order valence-electron chi connectivity index (χ0n) is 9.93. The van der Waals surface area contributed by atoms with Crippen LogP contribution in [0.5, 0.6) is 0 Å². The molecule has 0 unspecified atom stereocenters. The first-order chi connectivity index (χ1) is 8.00. The molecule has 5 nitrogen and oxygen atoms in total. The number of aliphatic carboxylic acids is 1. The number of nitrogens with zero attached hydrogens (tertiary/aromatic N) is 1. The number of amides is 1. The molecule has 0 saturated carbocycles. The van der Waals surface area contributed by atoms with E-state index in [2.05, 4.69) is 5.32 Å². The monoisotopic (exact) mass is 236 g/mol. The van der Waals surface area contributed by atoms with Crippen molar-refractivity contribution in [1.29, 1.82) is 0 Å². The Morgan fingerprint density at radius 3 is 2.29 bits per heavy atom. The maximum atomic E-state index is 11.6. The Morgan fingerprint density at radius 2 is 1.82 bits per heavy atom. The summed E-state index contributed by atoms with van der Waals surface area (Å²) in [5.74, 6) is -1.18. The van der Waals surface area contributed by atoms with E-state index in [0.29, 0.717) is 5.56 Å². The van der Waals surface area contributed by atoms with Gasteiger partial charge in [-0.1, -0.05) is 0 Å². The average molecular weight is 236 g/mol. The Morgan fingerprint density at radius 1 is 1.24 bits per heavy atom. The van der Waals surface area contributed by atoms with Gasteiger partial charge in [0.25, 0.3) is 5.91 Å². The lowest BCUT2D eigenvalue weighted by Crippen LogP contribution is -2.26. The molecule has 0 saturated heterocycles. The Labute approximate surface area is 100 Å². The second-order valence-electron chi connectivity index (χ2n) is 3.84. The summed E-state index contributed by atoms with van der Waals surface area (Å²) in [6.07, 6.45) is -0.0679. The van der Waals surface area contributed by atoms with Crippen LogP contribution in [0.4, 0.5) is 5.69 Å². The largest absolute Gasteiger partial charge is 0.481 e. The summed E-state index contributed by atoms with van der Waals surface area (Å²) in [6.45, 7) is 0.142. The van der Waals surface area contributed by atoms with Crippen molar-refractivity contribution in [1.82, 2.24) is 5.32 Å². The van der Waals surface area contributed by atoms with Crippen molar-refractivity contribution < 1.29 is 14.7 Å². The second-order valence-corrected chi connectivity index (χ2v) is 3.84. The Kier molecular flexibility index (Phi) is 4.51. The first-order valence-electron chi connectivity index (χ1n) is 5.28. The van der Waals surface area contributed by atoms with Crippen molar-refractivity contribution in [2.24, 2.45) is 0 Å². The van der Waals surface area contributed by atoms with Crippen molar-refractivity contribution in [3.63, 3.8) is 0 Å². The number of carbonyl (C=O) groups is 2. The fraction of sp³-hybridized carbons (Fsp3) is 0.333. The third-order valence-electron chi connectivity index (χ3n) is 2.27. The van der Waals surface area contributed by atoms with E-state index in [4.69, 9.17) is 5.11 Å². The van der Waals surface area contributed by atoms with Crippen LogP contribution in [0.1, 0.15) is 16.8 Å². The fourth-order valence-corrected chi connectivity index (χ4v) is 1.30. The van der Waals surface area contributed by atoms with E-state index < -0.39 is 5.97 Å². The highest BCUT2D eigenvalue weighted by Crippen LogP contribution is 2.11. The van der Waals surface area contributed by atoms with Crippen molar-refractivity contribution in [3.05, 3.63) is 29.8 Å². The van der Waals surface area contributed by atoms with Gasteiger partial charge in [-0.15, -0.1) is 0 Å². The van der Waals surface area contributed by atoms with Crippen molar-refractivity contribution in [2.75, 3.05) is 25.5 Å². The predicted molar refractivity (Wildman–Crippen MR) is 65.4 cm³/mol. The van der Waals surface area contributed by atoms with E-state index in [1.807, 2.05) is 31.1 Å². The summed E-state index contributed by atoms with van der Waals surface area (Å²) >= 11 is 0. The van der Waals surface area contributed by atoms with Crippen molar-refractivity contribution >= 4 is 17.6 Å². The first kappa shape index (κ1) is 13.0. The lowest BCUT2D eigenvalue weighted by molar-refractivity contribution is -0.136. The molecule has 2 N–H and O–H groups in total. The number of carboxylic acids is 1. The number of hydrogen-bond donors (Lipinski definition) is 2. The van der Waals surface area contributed by atoms with Crippen molar-refractivity contribution in [2.45, 2.75) is 6.42 Å². The molecular formula is C12H16N2O3. The summed E-state index contributed by atoms with van der Waals surface area (Å²) in [5.41, 5.74) is 1.54. The number of hydrogen-bond acceptors (Lipinski definition) is 3. The van der Waals surface area contributed by atoms with E-state index in [9.17, 15) is 9.59 Å². The van der Waals surface area contributed by atoms with Gasteiger partial charge in [0.2, 0.25) is 0 Å². The van der Waals surface area contributed by atoms with Gasteiger partial charge in [0.05, 0.1) is 6.42 Å². The smallest absolute Gasteiger partial charge is 0.305 e. The number of anilines is 1. The molecule has 0 spiro atoms. The molecule has 17 heavy (non-hydrogen) atoms. The van der Waals surface area contributed by atoms with Crippen LogP contribution in [0.15, 0.2) is 24.3 Å². The predicted octanol–water partition coefficient (Wildman–Crippen LogP) is 0.957. The third-order valence-corrected chi connectivity index (χ3v) is 2.27. The van der Waals surface area contributed by atoms with Gasteiger partial charge in [-0.05, 0) is 24.3 Å². The van der Waals surface area contributed by atoms with Gasteiger partial charge in [0.15, 0.2) is 0 Å². The van der Waals surface area contributed by atoms with E-state index in [0.717, 1.165) is 5.69 Å². The molecule has 0 aliphatic carbocycles. The lowest BCUT2D eigenvalue weighted by Gasteiger charge is -2.12. The Balaban J connectivity index is 2.54. The Bertz CT molecular complexity index is 399. The van der Waals surface area contributed by atoms with Crippen LogP contribution in [0.25, 0.3) is 0 Å². The average Bonchev–Trinajstić information content (AvgIpc) is 2.28. The van der Waals surface area contributed by atoms with Gasteiger partial charge in [0, 0.05) is 31.9 Å². The molecule has 0 aliphatic rings. The molecule has 0 heterocycles. The molecular weight excluding hydrogens is 220 g/mol. The highest BCUT2D eigenvalue weighted by Gasteiger charge is 2.06. The molecule has 1 rings (SSSR count). The fourth-order valence-electron chi connectivity index (χ4n) is 1.30. The number of nitrogens with one attached hydrogen (secondary N) is 1. The van der Waals surface area contributed by atoms with E-state index in [1.165, 1.54) is 0 Å². The van der Waals surface area contributed by atoms with Gasteiger partial charge in [-0.3, -0.25) is 9.59 Å². The molecule has 5 heteroatoms. The number of benzene rings is 1.